The number of nitrogens with one attached hydrogen (secondary N) is 1. The number of nitro groups is 1. The Labute approximate surface area is 133 Å². The van der Waals surface area contributed by atoms with Crippen molar-refractivity contribution in [2.45, 2.75) is 12.7 Å². The van der Waals surface area contributed by atoms with Crippen LogP contribution in [0.15, 0.2) is 21.7 Å². The molecule has 0 saturated carbocycles. The van der Waals surface area contributed by atoms with Gasteiger partial charge in [0.2, 0.25) is 0 Å². The lowest BCUT2D eigenvalue weighted by Gasteiger charge is -2.07. The Bertz CT molecular complexity index is 501. The van der Waals surface area contributed by atoms with E-state index in [0.717, 1.165) is 34.9 Å². The Hall–Kier alpha value is -1.28. The Morgan fingerprint density at radius 2 is 2.29 bits per heavy atom. The summed E-state index contributed by atoms with van der Waals surface area (Å²) in [5.74, 6) is 3.50. The summed E-state index contributed by atoms with van der Waals surface area (Å²) in [7, 11) is 3.90. The number of thioether (sulfide) groups is 2. The van der Waals surface area contributed by atoms with Gasteiger partial charge in [-0.05, 0) is 18.7 Å². The molecule has 1 rings (SSSR count). The second-order valence-electron chi connectivity index (χ2n) is 4.55. The molecule has 8 heteroatoms. The average Bonchev–Trinajstić information content (AvgIpc) is 2.78. The summed E-state index contributed by atoms with van der Waals surface area (Å²) < 4.78 is 5.76. The SMILES string of the molecule is CSC(=C[N+](=O)[O-])NCCSCc1oc(N(C)C)cc1C. The van der Waals surface area contributed by atoms with Gasteiger partial charge < -0.3 is 14.6 Å². The molecule has 0 atom stereocenters. The van der Waals surface area contributed by atoms with E-state index in [-0.39, 0.29) is 0 Å². The number of anilines is 1. The van der Waals surface area contributed by atoms with E-state index in [1.807, 2.05) is 38.2 Å². The van der Waals surface area contributed by atoms with Crippen molar-refractivity contribution in [1.82, 2.24) is 5.32 Å². The van der Waals surface area contributed by atoms with E-state index in [1.165, 1.54) is 11.8 Å². The van der Waals surface area contributed by atoms with Gasteiger partial charge in [0.05, 0.1) is 10.7 Å². The highest BCUT2D eigenvalue weighted by molar-refractivity contribution is 8.02. The first kappa shape index (κ1) is 17.8. The first-order valence-electron chi connectivity index (χ1n) is 6.41. The largest absolute Gasteiger partial charge is 0.444 e. The monoisotopic (exact) mass is 331 g/mol. The van der Waals surface area contributed by atoms with Crippen molar-refractivity contribution < 1.29 is 9.34 Å². The highest BCUT2D eigenvalue weighted by Crippen LogP contribution is 2.24. The van der Waals surface area contributed by atoms with Gasteiger partial charge in [-0.3, -0.25) is 10.1 Å². The van der Waals surface area contributed by atoms with Crippen molar-refractivity contribution >= 4 is 29.4 Å². The Morgan fingerprint density at radius 1 is 1.57 bits per heavy atom. The molecule has 0 unspecified atom stereocenters. The lowest BCUT2D eigenvalue weighted by atomic mass is 10.3. The molecule has 1 aromatic heterocycles. The van der Waals surface area contributed by atoms with E-state index in [0.29, 0.717) is 11.6 Å². The molecule has 0 aliphatic heterocycles. The van der Waals surface area contributed by atoms with Crippen LogP contribution in [0, 0.1) is 17.0 Å². The van der Waals surface area contributed by atoms with Crippen LogP contribution < -0.4 is 10.2 Å². The van der Waals surface area contributed by atoms with Crippen molar-refractivity contribution in [1.29, 1.82) is 0 Å². The van der Waals surface area contributed by atoms with Crippen LogP contribution in [0.5, 0.6) is 0 Å². The summed E-state index contributed by atoms with van der Waals surface area (Å²) in [5, 5.41) is 14.0. The van der Waals surface area contributed by atoms with Crippen LogP contribution in [0.2, 0.25) is 0 Å². The number of hydrogen-bond donors (Lipinski definition) is 1. The van der Waals surface area contributed by atoms with Gasteiger partial charge in [0.15, 0.2) is 5.88 Å². The predicted molar refractivity (Wildman–Crippen MR) is 90.5 cm³/mol. The molecular formula is C13H21N3O3S2. The van der Waals surface area contributed by atoms with Gasteiger partial charge in [0.25, 0.3) is 6.20 Å². The summed E-state index contributed by atoms with van der Waals surface area (Å²) in [4.78, 5) is 11.9. The molecular weight excluding hydrogens is 310 g/mol. The highest BCUT2D eigenvalue weighted by Gasteiger charge is 2.09. The van der Waals surface area contributed by atoms with Crippen LogP contribution >= 0.6 is 23.5 Å². The van der Waals surface area contributed by atoms with Gasteiger partial charge in [-0.2, -0.15) is 11.8 Å². The van der Waals surface area contributed by atoms with Crippen LogP contribution in [0.25, 0.3) is 0 Å². The van der Waals surface area contributed by atoms with Crippen molar-refractivity contribution in [3.05, 3.63) is 38.7 Å². The Morgan fingerprint density at radius 3 is 2.81 bits per heavy atom. The third-order valence-electron chi connectivity index (χ3n) is 2.67. The lowest BCUT2D eigenvalue weighted by molar-refractivity contribution is -0.403. The molecule has 0 amide bonds. The van der Waals surface area contributed by atoms with E-state index < -0.39 is 4.92 Å². The van der Waals surface area contributed by atoms with Gasteiger partial charge in [-0.1, -0.05) is 0 Å². The lowest BCUT2D eigenvalue weighted by Crippen LogP contribution is -2.15. The van der Waals surface area contributed by atoms with Gasteiger partial charge in [0.1, 0.15) is 10.8 Å². The zero-order valence-electron chi connectivity index (χ0n) is 12.7. The molecule has 1 aromatic rings. The third-order valence-corrected chi connectivity index (χ3v) is 4.32. The minimum absolute atomic E-state index is 0.443. The van der Waals surface area contributed by atoms with E-state index in [1.54, 1.807) is 11.8 Å². The van der Waals surface area contributed by atoms with Crippen LogP contribution in [0.4, 0.5) is 5.88 Å². The molecule has 0 bridgehead atoms. The van der Waals surface area contributed by atoms with E-state index in [9.17, 15) is 10.1 Å². The highest BCUT2D eigenvalue weighted by atomic mass is 32.2. The Kier molecular flexibility index (Phi) is 7.52. The summed E-state index contributed by atoms with van der Waals surface area (Å²) in [6, 6.07) is 2.03. The van der Waals surface area contributed by atoms with E-state index in [2.05, 4.69) is 5.32 Å². The molecule has 0 fully saturated rings. The molecule has 0 aromatic carbocycles. The molecule has 6 nitrogen and oxygen atoms in total. The van der Waals surface area contributed by atoms with Crippen molar-refractivity contribution in [2.75, 3.05) is 37.5 Å². The summed E-state index contributed by atoms with van der Waals surface area (Å²) >= 11 is 3.07. The zero-order valence-corrected chi connectivity index (χ0v) is 14.3. The maximum Gasteiger partial charge on any atom is 0.263 e. The normalized spacial score (nSPS) is 11.5. The molecule has 1 N–H and O–H groups in total. The van der Waals surface area contributed by atoms with Crippen LogP contribution in [0.1, 0.15) is 11.3 Å². The molecule has 0 radical (unpaired) electrons. The minimum atomic E-state index is -0.443. The van der Waals surface area contributed by atoms with Crippen LogP contribution in [-0.4, -0.2) is 37.6 Å². The number of nitrogens with zero attached hydrogens (tertiary/aromatic N) is 2. The summed E-state index contributed by atoms with van der Waals surface area (Å²) in [6.07, 6.45) is 2.81. The minimum Gasteiger partial charge on any atom is -0.444 e. The number of hydrogen-bond acceptors (Lipinski definition) is 7. The predicted octanol–water partition coefficient (Wildman–Crippen LogP) is 2.92. The van der Waals surface area contributed by atoms with Gasteiger partial charge in [0, 0.05) is 32.5 Å². The zero-order chi connectivity index (χ0) is 15.8. The van der Waals surface area contributed by atoms with Gasteiger partial charge >= 0.3 is 0 Å². The molecule has 0 aliphatic carbocycles. The standard InChI is InChI=1S/C13H21N3O3S2/c1-10-7-13(15(2)3)19-11(10)9-21-6-5-14-12(20-4)8-16(17)18/h7-8,14H,5-6,9H2,1-4H3. The van der Waals surface area contributed by atoms with E-state index >= 15 is 0 Å². The van der Waals surface area contributed by atoms with Crippen LogP contribution in [0.3, 0.4) is 0 Å². The third kappa shape index (κ3) is 6.34. The molecule has 0 aliphatic rings. The molecule has 118 valence electrons. The quantitative estimate of drug-likeness (QED) is 0.424. The maximum absolute atomic E-state index is 10.4. The summed E-state index contributed by atoms with van der Waals surface area (Å²) in [5.41, 5.74) is 1.15. The first-order valence-corrected chi connectivity index (χ1v) is 8.79. The molecule has 0 saturated heterocycles. The Balaban J connectivity index is 2.33. The van der Waals surface area contributed by atoms with Crippen molar-refractivity contribution in [3.8, 4) is 0 Å². The number of rotatable bonds is 9. The van der Waals surface area contributed by atoms with Crippen molar-refractivity contribution in [3.63, 3.8) is 0 Å². The fraction of sp³-hybridized carbons (Fsp3) is 0.538. The van der Waals surface area contributed by atoms with Crippen LogP contribution in [-0.2, 0) is 5.75 Å². The van der Waals surface area contributed by atoms with Crippen molar-refractivity contribution in [2.24, 2.45) is 0 Å². The molecule has 0 spiro atoms. The maximum atomic E-state index is 10.4. The smallest absolute Gasteiger partial charge is 0.263 e. The van der Waals surface area contributed by atoms with E-state index in [4.69, 9.17) is 4.42 Å². The second-order valence-corrected chi connectivity index (χ2v) is 6.50. The van der Waals surface area contributed by atoms with Gasteiger partial charge in [-0.25, -0.2) is 0 Å². The molecule has 21 heavy (non-hydrogen) atoms. The van der Waals surface area contributed by atoms with Gasteiger partial charge in [-0.15, -0.1) is 11.8 Å². The number of furan rings is 1. The fourth-order valence-corrected chi connectivity index (χ4v) is 2.84. The topological polar surface area (TPSA) is 71.5 Å². The first-order chi connectivity index (χ1) is 9.93. The fourth-order valence-electron chi connectivity index (χ4n) is 1.54. The molecule has 1 heterocycles. The average molecular weight is 331 g/mol. The summed E-state index contributed by atoms with van der Waals surface area (Å²) in [6.45, 7) is 2.72. The second kappa shape index (κ2) is 8.89. The number of aryl methyl sites for hydroxylation is 1.